The van der Waals surface area contributed by atoms with Gasteiger partial charge in [0.1, 0.15) is 5.75 Å². The Morgan fingerprint density at radius 2 is 2.26 bits per heavy atom. The van der Waals surface area contributed by atoms with Crippen molar-refractivity contribution in [3.8, 4) is 5.75 Å². The van der Waals surface area contributed by atoms with Crippen LogP contribution >= 0.6 is 11.6 Å². The molecule has 0 aliphatic rings. The number of methoxy groups -OCH3 is 1. The maximum absolute atomic E-state index is 6.12. The van der Waals surface area contributed by atoms with Crippen LogP contribution in [0.3, 0.4) is 0 Å². The van der Waals surface area contributed by atoms with Crippen molar-refractivity contribution >= 4 is 11.6 Å². The van der Waals surface area contributed by atoms with Crippen LogP contribution in [0.4, 0.5) is 0 Å². The Morgan fingerprint density at radius 3 is 2.95 bits per heavy atom. The van der Waals surface area contributed by atoms with Crippen molar-refractivity contribution in [2.75, 3.05) is 7.11 Å². The minimum Gasteiger partial charge on any atom is -0.497 e. The molecule has 2 rings (SSSR count). The lowest BCUT2D eigenvalue weighted by molar-refractivity contribution is 0.413. The third-order valence-corrected chi connectivity index (χ3v) is 3.32. The fourth-order valence-corrected chi connectivity index (χ4v) is 2.12. The summed E-state index contributed by atoms with van der Waals surface area (Å²) in [6.45, 7) is 0. The zero-order valence-corrected chi connectivity index (χ0v) is 11.4. The highest BCUT2D eigenvalue weighted by molar-refractivity contribution is 6.31. The van der Waals surface area contributed by atoms with Gasteiger partial charge in [-0.25, -0.2) is 0 Å². The van der Waals surface area contributed by atoms with Gasteiger partial charge in [0, 0.05) is 12.4 Å². The van der Waals surface area contributed by atoms with E-state index in [4.69, 9.17) is 22.2 Å². The molecule has 0 bridgehead atoms. The van der Waals surface area contributed by atoms with Gasteiger partial charge in [0.15, 0.2) is 0 Å². The second kappa shape index (κ2) is 6.52. The molecule has 2 aromatic rings. The molecule has 4 nitrogen and oxygen atoms in total. The average Bonchev–Trinajstić information content (AvgIpc) is 2.46. The molecule has 0 fully saturated rings. The second-order valence-corrected chi connectivity index (χ2v) is 4.57. The molecule has 0 radical (unpaired) electrons. The van der Waals surface area contributed by atoms with Crippen molar-refractivity contribution < 1.29 is 4.74 Å². The molecule has 0 aliphatic heterocycles. The van der Waals surface area contributed by atoms with E-state index >= 15 is 0 Å². The minimum atomic E-state index is -0.0324. The molecule has 1 atom stereocenters. The van der Waals surface area contributed by atoms with Crippen molar-refractivity contribution in [2.45, 2.75) is 12.5 Å². The van der Waals surface area contributed by atoms with Gasteiger partial charge >= 0.3 is 0 Å². The molecule has 0 aliphatic carbocycles. The van der Waals surface area contributed by atoms with E-state index in [9.17, 15) is 0 Å². The molecule has 19 heavy (non-hydrogen) atoms. The molecule has 3 N–H and O–H groups in total. The van der Waals surface area contributed by atoms with E-state index < -0.39 is 0 Å². The smallest absolute Gasteiger partial charge is 0.119 e. The maximum atomic E-state index is 6.12. The summed E-state index contributed by atoms with van der Waals surface area (Å²) in [5, 5.41) is 0.644. The van der Waals surface area contributed by atoms with Gasteiger partial charge in [-0.05, 0) is 35.7 Å². The van der Waals surface area contributed by atoms with Crippen molar-refractivity contribution in [3.05, 3.63) is 58.9 Å². The number of halogens is 1. The summed E-state index contributed by atoms with van der Waals surface area (Å²) >= 11 is 6.12. The van der Waals surface area contributed by atoms with Crippen LogP contribution in [0.5, 0.6) is 5.75 Å². The number of hydrogen-bond donors (Lipinski definition) is 2. The van der Waals surface area contributed by atoms with Gasteiger partial charge in [0.25, 0.3) is 0 Å². The fourth-order valence-electron chi connectivity index (χ4n) is 1.92. The largest absolute Gasteiger partial charge is 0.497 e. The van der Waals surface area contributed by atoms with E-state index in [-0.39, 0.29) is 6.04 Å². The minimum absolute atomic E-state index is 0.0324. The van der Waals surface area contributed by atoms with Crippen molar-refractivity contribution in [3.63, 3.8) is 0 Å². The zero-order valence-electron chi connectivity index (χ0n) is 10.6. The number of benzene rings is 1. The summed E-state index contributed by atoms with van der Waals surface area (Å²) in [6.07, 6.45) is 4.04. The number of nitrogens with zero attached hydrogens (tertiary/aromatic N) is 1. The van der Waals surface area contributed by atoms with Crippen LogP contribution in [-0.2, 0) is 6.42 Å². The first-order valence-corrected chi connectivity index (χ1v) is 6.31. The lowest BCUT2D eigenvalue weighted by Gasteiger charge is -2.17. The Morgan fingerprint density at radius 1 is 1.42 bits per heavy atom. The number of hydrogen-bond acceptors (Lipinski definition) is 4. The van der Waals surface area contributed by atoms with E-state index in [2.05, 4.69) is 10.4 Å². The highest BCUT2D eigenvalue weighted by Crippen LogP contribution is 2.24. The van der Waals surface area contributed by atoms with E-state index in [0.29, 0.717) is 11.4 Å². The third kappa shape index (κ3) is 3.44. The Hall–Kier alpha value is -1.62. The molecule has 1 unspecified atom stereocenters. The van der Waals surface area contributed by atoms with Gasteiger partial charge in [-0.15, -0.1) is 0 Å². The van der Waals surface area contributed by atoms with E-state index in [1.165, 1.54) is 0 Å². The van der Waals surface area contributed by atoms with Crippen LogP contribution in [0.1, 0.15) is 17.2 Å². The van der Waals surface area contributed by atoms with Gasteiger partial charge in [0.2, 0.25) is 0 Å². The Bertz CT molecular complexity index is 548. The molecule has 0 saturated heterocycles. The van der Waals surface area contributed by atoms with Gasteiger partial charge in [-0.2, -0.15) is 0 Å². The number of hydrazine groups is 1. The summed E-state index contributed by atoms with van der Waals surface area (Å²) < 4.78 is 5.22. The average molecular weight is 278 g/mol. The Labute approximate surface area is 117 Å². The lowest BCUT2D eigenvalue weighted by Crippen LogP contribution is -2.29. The lowest BCUT2D eigenvalue weighted by atomic mass is 10.00. The molecule has 0 saturated carbocycles. The molecule has 1 heterocycles. The van der Waals surface area contributed by atoms with Crippen molar-refractivity contribution in [1.29, 1.82) is 0 Å². The maximum Gasteiger partial charge on any atom is 0.119 e. The Kier molecular flexibility index (Phi) is 4.74. The van der Waals surface area contributed by atoms with E-state index in [0.717, 1.165) is 16.9 Å². The SMILES string of the molecule is COc1cccc(C(Cc2ccncc2Cl)NN)c1. The summed E-state index contributed by atoms with van der Waals surface area (Å²) in [4.78, 5) is 3.97. The second-order valence-electron chi connectivity index (χ2n) is 4.17. The predicted molar refractivity (Wildman–Crippen MR) is 76.0 cm³/mol. The normalized spacial score (nSPS) is 12.2. The monoisotopic (exact) mass is 277 g/mol. The quantitative estimate of drug-likeness (QED) is 0.651. The number of pyridine rings is 1. The topological polar surface area (TPSA) is 60.2 Å². The number of ether oxygens (including phenoxy) is 1. The number of rotatable bonds is 5. The van der Waals surface area contributed by atoms with Crippen LogP contribution in [0.2, 0.25) is 5.02 Å². The van der Waals surface area contributed by atoms with Crippen molar-refractivity contribution in [2.24, 2.45) is 5.84 Å². The van der Waals surface area contributed by atoms with Crippen LogP contribution in [0.15, 0.2) is 42.7 Å². The number of nitrogens with one attached hydrogen (secondary N) is 1. The standard InChI is InChI=1S/C14H16ClN3O/c1-19-12-4-2-3-11(7-12)14(18-16)8-10-5-6-17-9-13(10)15/h2-7,9,14,18H,8,16H2,1H3. The molecule has 0 amide bonds. The van der Waals surface area contributed by atoms with Crippen LogP contribution in [0.25, 0.3) is 0 Å². The summed E-state index contributed by atoms with van der Waals surface area (Å²) in [5.74, 6) is 6.45. The van der Waals surface area contributed by atoms with E-state index in [1.807, 2.05) is 30.3 Å². The van der Waals surface area contributed by atoms with Crippen LogP contribution in [-0.4, -0.2) is 12.1 Å². The molecule has 1 aromatic heterocycles. The van der Waals surface area contributed by atoms with Crippen LogP contribution in [0, 0.1) is 0 Å². The first-order valence-electron chi connectivity index (χ1n) is 5.93. The summed E-state index contributed by atoms with van der Waals surface area (Å²) in [7, 11) is 1.64. The van der Waals surface area contributed by atoms with E-state index in [1.54, 1.807) is 19.5 Å². The highest BCUT2D eigenvalue weighted by atomic mass is 35.5. The van der Waals surface area contributed by atoms with Gasteiger partial charge in [0.05, 0.1) is 18.2 Å². The third-order valence-electron chi connectivity index (χ3n) is 2.98. The first kappa shape index (κ1) is 13.8. The molecule has 0 spiro atoms. The molecular weight excluding hydrogens is 262 g/mol. The number of aromatic nitrogens is 1. The predicted octanol–water partition coefficient (Wildman–Crippen LogP) is 2.49. The molecular formula is C14H16ClN3O. The Balaban J connectivity index is 2.22. The number of nitrogens with two attached hydrogens (primary N) is 1. The molecule has 5 heteroatoms. The zero-order chi connectivity index (χ0) is 13.7. The summed E-state index contributed by atoms with van der Waals surface area (Å²) in [5.41, 5.74) is 4.86. The van der Waals surface area contributed by atoms with Gasteiger partial charge < -0.3 is 4.74 Å². The highest BCUT2D eigenvalue weighted by Gasteiger charge is 2.13. The molecule has 100 valence electrons. The summed E-state index contributed by atoms with van der Waals surface area (Å²) in [6, 6.07) is 9.66. The van der Waals surface area contributed by atoms with Gasteiger partial charge in [-0.1, -0.05) is 23.7 Å². The van der Waals surface area contributed by atoms with Crippen LogP contribution < -0.4 is 16.0 Å². The van der Waals surface area contributed by atoms with Gasteiger partial charge in [-0.3, -0.25) is 16.3 Å². The molecule has 1 aromatic carbocycles. The first-order chi connectivity index (χ1) is 9.24. The fraction of sp³-hybridized carbons (Fsp3) is 0.214. The van der Waals surface area contributed by atoms with Crippen molar-refractivity contribution in [1.82, 2.24) is 10.4 Å².